The third-order valence-corrected chi connectivity index (χ3v) is 4.00. The maximum absolute atomic E-state index is 12.3. The van der Waals surface area contributed by atoms with E-state index in [1.54, 1.807) is 25.2 Å². The molecular formula is C16H17N3O6. The molecule has 0 atom stereocenters. The first-order valence-electron chi connectivity index (χ1n) is 7.64. The van der Waals surface area contributed by atoms with Gasteiger partial charge in [0.15, 0.2) is 11.5 Å². The minimum absolute atomic E-state index is 0.259. The van der Waals surface area contributed by atoms with Crippen LogP contribution in [0.25, 0.3) is 0 Å². The molecule has 2 heterocycles. The van der Waals surface area contributed by atoms with Gasteiger partial charge in [0.2, 0.25) is 5.91 Å². The van der Waals surface area contributed by atoms with E-state index in [1.165, 1.54) is 11.9 Å². The van der Waals surface area contributed by atoms with E-state index in [9.17, 15) is 19.2 Å². The van der Waals surface area contributed by atoms with Gasteiger partial charge in [-0.1, -0.05) is 6.07 Å². The van der Waals surface area contributed by atoms with Crippen LogP contribution in [0.3, 0.4) is 0 Å². The van der Waals surface area contributed by atoms with Crippen molar-refractivity contribution in [3.8, 4) is 11.5 Å². The minimum atomic E-state index is -0.992. The lowest BCUT2D eigenvalue weighted by atomic mass is 10.2. The molecule has 1 saturated heterocycles. The molecule has 0 aliphatic carbocycles. The molecule has 0 bridgehead atoms. The van der Waals surface area contributed by atoms with Crippen molar-refractivity contribution in [3.63, 3.8) is 0 Å². The molecule has 1 aromatic carbocycles. The lowest BCUT2D eigenvalue weighted by Gasteiger charge is -2.22. The van der Waals surface area contributed by atoms with E-state index >= 15 is 0 Å². The highest BCUT2D eigenvalue weighted by Crippen LogP contribution is 2.31. The molecule has 3 rings (SSSR count). The van der Waals surface area contributed by atoms with Gasteiger partial charge in [0, 0.05) is 20.6 Å². The van der Waals surface area contributed by atoms with Crippen molar-refractivity contribution in [2.24, 2.45) is 0 Å². The summed E-state index contributed by atoms with van der Waals surface area (Å²) in [7, 11) is 2.75. The fraction of sp³-hybridized carbons (Fsp3) is 0.375. The Labute approximate surface area is 143 Å². The maximum atomic E-state index is 12.3. The molecular weight excluding hydrogens is 330 g/mol. The molecule has 132 valence electrons. The highest BCUT2D eigenvalue weighted by Gasteiger charge is 2.43. The van der Waals surface area contributed by atoms with E-state index in [2.05, 4.69) is 0 Å². The quantitative estimate of drug-likeness (QED) is 0.554. The summed E-state index contributed by atoms with van der Waals surface area (Å²) in [6.07, 6.45) is 0. The topological polar surface area (TPSA) is 96.5 Å². The van der Waals surface area contributed by atoms with E-state index < -0.39 is 30.3 Å². The maximum Gasteiger partial charge on any atom is 0.334 e. The van der Waals surface area contributed by atoms with Gasteiger partial charge in [-0.25, -0.2) is 9.69 Å². The monoisotopic (exact) mass is 347 g/mol. The second-order valence-electron chi connectivity index (χ2n) is 5.77. The lowest BCUT2D eigenvalue weighted by molar-refractivity contribution is -0.144. The Morgan fingerprint density at radius 2 is 1.80 bits per heavy atom. The molecule has 0 radical (unpaired) electrons. The summed E-state index contributed by atoms with van der Waals surface area (Å²) in [5, 5.41) is 0. The predicted octanol–water partition coefficient (Wildman–Crippen LogP) is -0.163. The Balaban J connectivity index is 1.64. The van der Waals surface area contributed by atoms with Gasteiger partial charge < -0.3 is 14.4 Å². The minimum Gasteiger partial charge on any atom is -0.486 e. The molecule has 25 heavy (non-hydrogen) atoms. The van der Waals surface area contributed by atoms with Crippen LogP contribution in [0.4, 0.5) is 4.79 Å². The molecule has 0 unspecified atom stereocenters. The Bertz CT molecular complexity index is 762. The number of fused-ring (bicyclic) bond motifs is 1. The van der Waals surface area contributed by atoms with Crippen molar-refractivity contribution in [1.82, 2.24) is 14.7 Å². The van der Waals surface area contributed by atoms with Crippen LogP contribution in [0.5, 0.6) is 11.5 Å². The zero-order valence-corrected chi connectivity index (χ0v) is 13.9. The number of likely N-dealkylation sites (N-methyl/N-ethyl adjacent to an activating group) is 2. The van der Waals surface area contributed by atoms with Crippen LogP contribution in [-0.4, -0.2) is 72.3 Å². The number of imide groups is 2. The van der Waals surface area contributed by atoms with Gasteiger partial charge in [0.1, 0.15) is 19.8 Å². The number of rotatable bonds is 4. The molecule has 9 nitrogen and oxygen atoms in total. The van der Waals surface area contributed by atoms with E-state index in [4.69, 9.17) is 9.47 Å². The highest BCUT2D eigenvalue weighted by molar-refractivity contribution is 6.44. The van der Waals surface area contributed by atoms with Crippen LogP contribution >= 0.6 is 0 Å². The first kappa shape index (κ1) is 16.7. The first-order chi connectivity index (χ1) is 11.9. The standard InChI is InChI=1S/C16H17N3O6/c1-17(8-10-3-4-11-12(7-10)25-6-5-24-11)13(20)9-19-15(22)14(21)18(2)16(19)23/h3-4,7H,5-6,8-9H2,1-2H3. The van der Waals surface area contributed by atoms with Crippen molar-refractivity contribution in [2.45, 2.75) is 6.54 Å². The number of benzene rings is 1. The fourth-order valence-corrected chi connectivity index (χ4v) is 2.56. The van der Waals surface area contributed by atoms with Crippen LogP contribution in [0.2, 0.25) is 0 Å². The van der Waals surface area contributed by atoms with Gasteiger partial charge in [-0.2, -0.15) is 0 Å². The van der Waals surface area contributed by atoms with Crippen molar-refractivity contribution in [1.29, 1.82) is 0 Å². The molecule has 5 amide bonds. The van der Waals surface area contributed by atoms with Crippen LogP contribution in [0.15, 0.2) is 18.2 Å². The van der Waals surface area contributed by atoms with Crippen LogP contribution in [-0.2, 0) is 20.9 Å². The number of hydrogen-bond donors (Lipinski definition) is 0. The summed E-state index contributed by atoms with van der Waals surface area (Å²) >= 11 is 0. The molecule has 0 spiro atoms. The molecule has 0 aromatic heterocycles. The summed E-state index contributed by atoms with van der Waals surface area (Å²) in [5.41, 5.74) is 0.812. The van der Waals surface area contributed by atoms with E-state index in [1.807, 2.05) is 0 Å². The van der Waals surface area contributed by atoms with Crippen LogP contribution < -0.4 is 9.47 Å². The number of ether oxygens (including phenoxy) is 2. The Morgan fingerprint density at radius 3 is 2.44 bits per heavy atom. The van der Waals surface area contributed by atoms with Crippen molar-refractivity contribution in [2.75, 3.05) is 33.9 Å². The number of urea groups is 1. The third-order valence-electron chi connectivity index (χ3n) is 4.00. The summed E-state index contributed by atoms with van der Waals surface area (Å²) in [6, 6.07) is 4.56. The van der Waals surface area contributed by atoms with Gasteiger partial charge in [-0.3, -0.25) is 19.3 Å². The molecule has 2 aliphatic rings. The van der Waals surface area contributed by atoms with Gasteiger partial charge >= 0.3 is 17.8 Å². The SMILES string of the molecule is CN(Cc1ccc2c(c1)OCCO2)C(=O)CN1C(=O)C(=O)N(C)C1=O. The van der Waals surface area contributed by atoms with Crippen molar-refractivity contribution >= 4 is 23.8 Å². The van der Waals surface area contributed by atoms with Gasteiger partial charge in [0.05, 0.1) is 0 Å². The Morgan fingerprint density at radius 1 is 1.12 bits per heavy atom. The Kier molecular flexibility index (Phi) is 4.30. The molecule has 2 aliphatic heterocycles. The first-order valence-corrected chi connectivity index (χ1v) is 7.64. The van der Waals surface area contributed by atoms with Crippen LogP contribution in [0.1, 0.15) is 5.56 Å². The molecule has 1 aromatic rings. The lowest BCUT2D eigenvalue weighted by Crippen LogP contribution is -2.41. The number of amides is 5. The molecule has 0 N–H and O–H groups in total. The Hall–Kier alpha value is -3.10. The van der Waals surface area contributed by atoms with Gasteiger partial charge in [-0.15, -0.1) is 0 Å². The average molecular weight is 347 g/mol. The largest absolute Gasteiger partial charge is 0.486 e. The summed E-state index contributed by atoms with van der Waals surface area (Å²) < 4.78 is 10.9. The van der Waals surface area contributed by atoms with Gasteiger partial charge in [-0.05, 0) is 17.7 Å². The van der Waals surface area contributed by atoms with E-state index in [0.29, 0.717) is 34.5 Å². The summed E-state index contributed by atoms with van der Waals surface area (Å²) in [4.78, 5) is 50.0. The highest BCUT2D eigenvalue weighted by atomic mass is 16.6. The molecule has 1 fully saturated rings. The van der Waals surface area contributed by atoms with Gasteiger partial charge in [0.25, 0.3) is 0 Å². The summed E-state index contributed by atoms with van der Waals surface area (Å²) in [5.74, 6) is -1.12. The number of nitrogens with zero attached hydrogens (tertiary/aromatic N) is 3. The zero-order valence-electron chi connectivity index (χ0n) is 13.9. The summed E-state index contributed by atoms with van der Waals surface area (Å²) in [6.45, 7) is 0.742. The molecule has 9 heteroatoms. The smallest absolute Gasteiger partial charge is 0.334 e. The second kappa shape index (κ2) is 6.42. The van der Waals surface area contributed by atoms with Crippen molar-refractivity contribution in [3.05, 3.63) is 23.8 Å². The average Bonchev–Trinajstić information content (AvgIpc) is 2.79. The number of carbonyl (C=O) groups excluding carboxylic acids is 4. The number of carbonyl (C=O) groups is 4. The van der Waals surface area contributed by atoms with Crippen molar-refractivity contribution < 1.29 is 28.7 Å². The fourth-order valence-electron chi connectivity index (χ4n) is 2.56. The van der Waals surface area contributed by atoms with E-state index in [0.717, 1.165) is 5.56 Å². The molecule has 0 saturated carbocycles. The van der Waals surface area contributed by atoms with E-state index in [-0.39, 0.29) is 6.54 Å². The third kappa shape index (κ3) is 3.12. The normalized spacial score (nSPS) is 16.5. The predicted molar refractivity (Wildman–Crippen MR) is 83.8 cm³/mol. The second-order valence-corrected chi connectivity index (χ2v) is 5.77. The zero-order chi connectivity index (χ0) is 18.1. The number of hydrogen-bond acceptors (Lipinski definition) is 6. The van der Waals surface area contributed by atoms with Crippen LogP contribution in [0, 0.1) is 0 Å².